The summed E-state index contributed by atoms with van der Waals surface area (Å²) in [7, 11) is -2.24. The minimum absolute atomic E-state index is 0.142. The number of ether oxygens (including phenoxy) is 2. The third-order valence-corrected chi connectivity index (χ3v) is 8.02. The van der Waals surface area contributed by atoms with Crippen molar-refractivity contribution < 1.29 is 22.7 Å². The first-order chi connectivity index (χ1) is 14.8. The molecule has 2 aromatic carbocycles. The molecule has 1 N–H and O–H groups in total. The van der Waals surface area contributed by atoms with Gasteiger partial charge < -0.3 is 14.8 Å². The molecular formula is C23H28N2O5S. The zero-order valence-electron chi connectivity index (χ0n) is 17.9. The SMILES string of the molecule is COc1ccc(S(=O)(=O)N2CCCC3(CCc4ccccc4O3)CC2)cc1NC(C)=O. The van der Waals surface area contributed by atoms with E-state index in [-0.39, 0.29) is 16.4 Å². The van der Waals surface area contributed by atoms with E-state index in [0.29, 0.717) is 30.9 Å². The summed E-state index contributed by atoms with van der Waals surface area (Å²) in [5, 5.41) is 2.64. The monoisotopic (exact) mass is 444 g/mol. The minimum Gasteiger partial charge on any atom is -0.495 e. The minimum atomic E-state index is -3.71. The molecule has 2 aromatic rings. The average molecular weight is 445 g/mol. The highest BCUT2D eigenvalue weighted by molar-refractivity contribution is 7.89. The number of anilines is 1. The van der Waals surface area contributed by atoms with Gasteiger partial charge in [0.25, 0.3) is 0 Å². The smallest absolute Gasteiger partial charge is 0.243 e. The van der Waals surface area contributed by atoms with Gasteiger partial charge in [0.2, 0.25) is 15.9 Å². The second-order valence-electron chi connectivity index (χ2n) is 8.19. The molecule has 0 radical (unpaired) electrons. The number of fused-ring (bicyclic) bond motifs is 1. The van der Waals surface area contributed by atoms with Crippen LogP contribution in [0.15, 0.2) is 47.4 Å². The Morgan fingerprint density at radius 2 is 1.94 bits per heavy atom. The number of hydrogen-bond donors (Lipinski definition) is 1. The third kappa shape index (κ3) is 4.41. The Bertz CT molecular complexity index is 1090. The van der Waals surface area contributed by atoms with Gasteiger partial charge in [-0.25, -0.2) is 8.42 Å². The van der Waals surface area contributed by atoms with Gasteiger partial charge in [0, 0.05) is 26.4 Å². The number of hydrogen-bond acceptors (Lipinski definition) is 5. The van der Waals surface area contributed by atoms with Crippen molar-refractivity contribution in [1.82, 2.24) is 4.31 Å². The molecule has 0 bridgehead atoms. The number of nitrogens with one attached hydrogen (secondary N) is 1. The maximum atomic E-state index is 13.4. The first-order valence-electron chi connectivity index (χ1n) is 10.6. The normalized spacial score (nSPS) is 21.6. The molecule has 8 heteroatoms. The van der Waals surface area contributed by atoms with Crippen LogP contribution in [0, 0.1) is 0 Å². The number of amides is 1. The number of carbonyl (C=O) groups is 1. The Hall–Kier alpha value is -2.58. The molecule has 7 nitrogen and oxygen atoms in total. The van der Waals surface area contributed by atoms with Gasteiger partial charge in [0.1, 0.15) is 17.1 Å². The van der Waals surface area contributed by atoms with Crippen LogP contribution in [0.25, 0.3) is 0 Å². The van der Waals surface area contributed by atoms with E-state index < -0.39 is 10.0 Å². The fourth-order valence-electron chi connectivity index (χ4n) is 4.48. The highest BCUT2D eigenvalue weighted by Gasteiger charge is 2.40. The summed E-state index contributed by atoms with van der Waals surface area (Å²) >= 11 is 0. The van der Waals surface area contributed by atoms with E-state index in [0.717, 1.165) is 31.4 Å². The van der Waals surface area contributed by atoms with Gasteiger partial charge in [-0.1, -0.05) is 18.2 Å². The summed E-state index contributed by atoms with van der Waals surface area (Å²) in [6, 6.07) is 12.6. The van der Waals surface area contributed by atoms with Gasteiger partial charge in [-0.15, -0.1) is 0 Å². The molecule has 0 aromatic heterocycles. The van der Waals surface area contributed by atoms with E-state index in [2.05, 4.69) is 11.4 Å². The Balaban J connectivity index is 1.55. The highest BCUT2D eigenvalue weighted by atomic mass is 32.2. The van der Waals surface area contributed by atoms with Crippen LogP contribution in [0.2, 0.25) is 0 Å². The lowest BCUT2D eigenvalue weighted by Crippen LogP contribution is -2.41. The van der Waals surface area contributed by atoms with Gasteiger partial charge in [0.15, 0.2) is 0 Å². The lowest BCUT2D eigenvalue weighted by Gasteiger charge is -2.38. The zero-order chi connectivity index (χ0) is 22.1. The predicted octanol–water partition coefficient (Wildman–Crippen LogP) is 3.59. The van der Waals surface area contributed by atoms with Crippen molar-refractivity contribution in [3.63, 3.8) is 0 Å². The number of rotatable bonds is 4. The van der Waals surface area contributed by atoms with Crippen molar-refractivity contribution in [2.24, 2.45) is 0 Å². The van der Waals surface area contributed by atoms with Crippen molar-refractivity contribution in [3.8, 4) is 11.5 Å². The van der Waals surface area contributed by atoms with Crippen LogP contribution in [0.1, 0.15) is 38.2 Å². The standard InChI is InChI=1S/C23H28N2O5S/c1-17(26)24-20-16-19(8-9-22(20)29-2)31(27,28)25-14-5-11-23(13-15-25)12-10-18-6-3-4-7-21(18)30-23/h3-4,6-9,16H,5,10-15H2,1-2H3,(H,24,26). The van der Waals surface area contributed by atoms with Crippen molar-refractivity contribution in [1.29, 1.82) is 0 Å². The zero-order valence-corrected chi connectivity index (χ0v) is 18.7. The summed E-state index contributed by atoms with van der Waals surface area (Å²) in [6.45, 7) is 2.21. The molecule has 2 aliphatic rings. The van der Waals surface area contributed by atoms with E-state index in [1.807, 2.05) is 18.2 Å². The Morgan fingerprint density at radius 1 is 1.13 bits per heavy atom. The topological polar surface area (TPSA) is 84.9 Å². The van der Waals surface area contributed by atoms with Crippen LogP contribution in [-0.4, -0.2) is 44.4 Å². The number of methoxy groups -OCH3 is 1. The first kappa shape index (κ1) is 21.6. The highest BCUT2D eigenvalue weighted by Crippen LogP contribution is 2.40. The number of sulfonamides is 1. The molecular weight excluding hydrogens is 416 g/mol. The van der Waals surface area contributed by atoms with Crippen molar-refractivity contribution in [3.05, 3.63) is 48.0 Å². The lowest BCUT2D eigenvalue weighted by molar-refractivity contribution is -0.114. The van der Waals surface area contributed by atoms with Crippen LogP contribution < -0.4 is 14.8 Å². The molecule has 31 heavy (non-hydrogen) atoms. The molecule has 0 aliphatic carbocycles. The summed E-state index contributed by atoms with van der Waals surface area (Å²) in [5.41, 5.74) is 1.24. The molecule has 1 spiro atoms. The van der Waals surface area contributed by atoms with Gasteiger partial charge >= 0.3 is 0 Å². The van der Waals surface area contributed by atoms with Gasteiger partial charge in [0.05, 0.1) is 17.7 Å². The van der Waals surface area contributed by atoms with Gasteiger partial charge in [-0.05, 0) is 55.5 Å². The molecule has 4 rings (SSSR count). The van der Waals surface area contributed by atoms with Crippen molar-refractivity contribution in [2.75, 3.05) is 25.5 Å². The average Bonchev–Trinajstić information content (AvgIpc) is 2.96. The third-order valence-electron chi connectivity index (χ3n) is 6.13. The lowest BCUT2D eigenvalue weighted by atomic mass is 9.85. The van der Waals surface area contributed by atoms with Crippen LogP contribution >= 0.6 is 0 Å². The number of carbonyl (C=O) groups excluding carboxylic acids is 1. The number of nitrogens with zero attached hydrogens (tertiary/aromatic N) is 1. The molecule has 2 heterocycles. The van der Waals surface area contributed by atoms with Gasteiger partial charge in [-0.3, -0.25) is 4.79 Å². The van der Waals surface area contributed by atoms with Crippen LogP contribution in [0.3, 0.4) is 0 Å². The molecule has 2 aliphatic heterocycles. The number of aryl methyl sites for hydroxylation is 1. The van der Waals surface area contributed by atoms with E-state index in [1.54, 1.807) is 6.07 Å². The molecule has 0 saturated carbocycles. The fourth-order valence-corrected chi connectivity index (χ4v) is 5.98. The number of para-hydroxylation sites is 1. The predicted molar refractivity (Wildman–Crippen MR) is 118 cm³/mol. The summed E-state index contributed by atoms with van der Waals surface area (Å²) in [4.78, 5) is 11.6. The van der Waals surface area contributed by atoms with E-state index >= 15 is 0 Å². The molecule has 1 unspecified atom stereocenters. The maximum absolute atomic E-state index is 13.4. The first-order valence-corrected chi connectivity index (χ1v) is 12.0. The number of benzene rings is 2. The molecule has 1 atom stereocenters. The van der Waals surface area contributed by atoms with E-state index in [4.69, 9.17) is 9.47 Å². The Kier molecular flexibility index (Phi) is 5.94. The van der Waals surface area contributed by atoms with Crippen LogP contribution in [0.5, 0.6) is 11.5 Å². The fraction of sp³-hybridized carbons (Fsp3) is 0.435. The summed E-state index contributed by atoms with van der Waals surface area (Å²) in [5.74, 6) is 1.04. The van der Waals surface area contributed by atoms with E-state index in [9.17, 15) is 13.2 Å². The van der Waals surface area contributed by atoms with Crippen molar-refractivity contribution in [2.45, 2.75) is 49.5 Å². The second-order valence-corrected chi connectivity index (χ2v) is 10.1. The summed E-state index contributed by atoms with van der Waals surface area (Å²) < 4.78 is 39.9. The molecule has 1 amide bonds. The molecule has 166 valence electrons. The molecule has 1 saturated heterocycles. The van der Waals surface area contributed by atoms with Crippen LogP contribution in [0.4, 0.5) is 5.69 Å². The Labute approximate surface area is 183 Å². The quantitative estimate of drug-likeness (QED) is 0.779. The van der Waals surface area contributed by atoms with Crippen molar-refractivity contribution >= 4 is 21.6 Å². The van der Waals surface area contributed by atoms with Gasteiger partial charge in [-0.2, -0.15) is 4.31 Å². The maximum Gasteiger partial charge on any atom is 0.243 e. The molecule has 1 fully saturated rings. The largest absolute Gasteiger partial charge is 0.495 e. The Morgan fingerprint density at radius 3 is 2.71 bits per heavy atom. The van der Waals surface area contributed by atoms with E-state index in [1.165, 1.54) is 36.0 Å². The summed E-state index contributed by atoms with van der Waals surface area (Å²) in [6.07, 6.45) is 4.05. The second kappa shape index (κ2) is 8.51. The van der Waals surface area contributed by atoms with Crippen LogP contribution in [-0.2, 0) is 21.2 Å².